The molecule has 0 bridgehead atoms. The number of hydrogen-bond donors (Lipinski definition) is 1. The van der Waals surface area contributed by atoms with Gasteiger partial charge in [-0.25, -0.2) is 8.78 Å². The van der Waals surface area contributed by atoms with Gasteiger partial charge >= 0.3 is 0 Å². The Hall–Kier alpha value is -0.870. The molecule has 1 aromatic carbocycles. The largest absolute Gasteiger partial charge is 0.492 e. The lowest BCUT2D eigenvalue weighted by Crippen LogP contribution is -2.33. The van der Waals surface area contributed by atoms with E-state index in [1.807, 2.05) is 0 Å². The molecule has 0 saturated carbocycles. The van der Waals surface area contributed by atoms with Crippen molar-refractivity contribution in [2.75, 3.05) is 6.61 Å². The Kier molecular flexibility index (Phi) is 3.29. The van der Waals surface area contributed by atoms with Crippen LogP contribution in [-0.4, -0.2) is 12.6 Å². The lowest BCUT2D eigenvalue weighted by molar-refractivity contribution is 0.260. The number of rotatable bonds is 0. The minimum atomic E-state index is -0.880. The number of halogens is 3. The zero-order chi connectivity index (χ0) is 9.42. The van der Waals surface area contributed by atoms with E-state index in [-0.39, 0.29) is 18.4 Å². The molecule has 1 aliphatic heterocycles. The molecule has 0 aromatic heterocycles. The van der Waals surface area contributed by atoms with E-state index in [1.165, 1.54) is 0 Å². The van der Waals surface area contributed by atoms with Crippen LogP contribution in [0.1, 0.15) is 5.56 Å². The van der Waals surface area contributed by atoms with Crippen LogP contribution in [0.4, 0.5) is 8.78 Å². The minimum Gasteiger partial charge on any atom is -0.492 e. The first kappa shape index (κ1) is 11.2. The number of fused-ring (bicyclic) bond motifs is 1. The molecule has 2 nitrogen and oxygen atoms in total. The van der Waals surface area contributed by atoms with Crippen molar-refractivity contribution in [1.82, 2.24) is 0 Å². The van der Waals surface area contributed by atoms with Crippen LogP contribution in [0.3, 0.4) is 0 Å². The Morgan fingerprint density at radius 1 is 1.29 bits per heavy atom. The molecule has 0 aliphatic carbocycles. The van der Waals surface area contributed by atoms with Crippen molar-refractivity contribution in [3.8, 4) is 5.75 Å². The molecular formula is C9H10ClF2NO. The molecule has 0 spiro atoms. The van der Waals surface area contributed by atoms with Gasteiger partial charge in [-0.2, -0.15) is 0 Å². The summed E-state index contributed by atoms with van der Waals surface area (Å²) in [4.78, 5) is 0. The molecule has 2 N–H and O–H groups in total. The maximum atomic E-state index is 12.8. The van der Waals surface area contributed by atoms with Gasteiger partial charge in [0.15, 0.2) is 11.6 Å². The van der Waals surface area contributed by atoms with Crippen LogP contribution in [-0.2, 0) is 6.42 Å². The van der Waals surface area contributed by atoms with Crippen molar-refractivity contribution < 1.29 is 13.5 Å². The standard InChI is InChI=1S/C9H9F2NO.ClH/c10-7-2-5-1-6(12)4-13-9(5)3-8(7)11;/h2-3,6H,1,4,12H2;1H/t6-;/m1./s1. The predicted molar refractivity (Wildman–Crippen MR) is 50.8 cm³/mol. The highest BCUT2D eigenvalue weighted by Crippen LogP contribution is 2.26. The van der Waals surface area contributed by atoms with E-state index in [0.29, 0.717) is 24.3 Å². The topological polar surface area (TPSA) is 35.2 Å². The van der Waals surface area contributed by atoms with Crippen LogP contribution in [0.2, 0.25) is 0 Å². The Morgan fingerprint density at radius 2 is 1.93 bits per heavy atom. The molecule has 0 amide bonds. The fourth-order valence-corrected chi connectivity index (χ4v) is 1.40. The quantitative estimate of drug-likeness (QED) is 0.723. The van der Waals surface area contributed by atoms with Crippen molar-refractivity contribution in [2.24, 2.45) is 5.73 Å². The van der Waals surface area contributed by atoms with Crippen LogP contribution in [0.15, 0.2) is 12.1 Å². The highest BCUT2D eigenvalue weighted by molar-refractivity contribution is 5.85. The van der Waals surface area contributed by atoms with E-state index in [9.17, 15) is 8.78 Å². The third-order valence-electron chi connectivity index (χ3n) is 2.04. The molecule has 1 atom stereocenters. The van der Waals surface area contributed by atoms with Crippen molar-refractivity contribution in [2.45, 2.75) is 12.5 Å². The van der Waals surface area contributed by atoms with Crippen molar-refractivity contribution in [3.05, 3.63) is 29.3 Å². The normalized spacial score (nSPS) is 19.2. The average Bonchev–Trinajstić information content (AvgIpc) is 2.08. The molecule has 1 aliphatic rings. The van der Waals surface area contributed by atoms with Crippen LogP contribution in [0.25, 0.3) is 0 Å². The van der Waals surface area contributed by atoms with Crippen molar-refractivity contribution in [3.63, 3.8) is 0 Å². The average molecular weight is 222 g/mol. The minimum absolute atomic E-state index is 0. The summed E-state index contributed by atoms with van der Waals surface area (Å²) in [5, 5.41) is 0. The van der Waals surface area contributed by atoms with Gasteiger partial charge in [-0.15, -0.1) is 12.4 Å². The smallest absolute Gasteiger partial charge is 0.162 e. The monoisotopic (exact) mass is 221 g/mol. The molecule has 0 saturated heterocycles. The number of hydrogen-bond acceptors (Lipinski definition) is 2. The SMILES string of the molecule is Cl.N[C@H]1COc2cc(F)c(F)cc2C1. The van der Waals surface area contributed by atoms with Crippen molar-refractivity contribution in [1.29, 1.82) is 0 Å². The summed E-state index contributed by atoms with van der Waals surface area (Å²) in [5.41, 5.74) is 6.23. The summed E-state index contributed by atoms with van der Waals surface area (Å²) in [6, 6.07) is 2.08. The van der Waals surface area contributed by atoms with E-state index in [0.717, 1.165) is 12.1 Å². The van der Waals surface area contributed by atoms with Gasteiger partial charge in [-0.3, -0.25) is 0 Å². The summed E-state index contributed by atoms with van der Waals surface area (Å²) in [6.45, 7) is 0.359. The van der Waals surface area contributed by atoms with Crippen LogP contribution in [0.5, 0.6) is 5.75 Å². The summed E-state index contributed by atoms with van der Waals surface area (Å²) >= 11 is 0. The Bertz CT molecular complexity index is 346. The van der Waals surface area contributed by atoms with E-state index >= 15 is 0 Å². The Morgan fingerprint density at radius 3 is 2.64 bits per heavy atom. The maximum absolute atomic E-state index is 12.8. The molecule has 1 heterocycles. The second-order valence-electron chi connectivity index (χ2n) is 3.15. The number of nitrogens with two attached hydrogens (primary N) is 1. The second kappa shape index (κ2) is 4.11. The molecule has 0 unspecified atom stereocenters. The van der Waals surface area contributed by atoms with Gasteiger partial charge in [0.2, 0.25) is 0 Å². The predicted octanol–water partition coefficient (Wildman–Crippen LogP) is 1.65. The van der Waals surface area contributed by atoms with Gasteiger partial charge in [0, 0.05) is 12.1 Å². The summed E-state index contributed by atoms with van der Waals surface area (Å²) in [7, 11) is 0. The van der Waals surface area contributed by atoms with Gasteiger partial charge in [-0.1, -0.05) is 0 Å². The molecule has 14 heavy (non-hydrogen) atoms. The molecular weight excluding hydrogens is 212 g/mol. The van der Waals surface area contributed by atoms with Crippen molar-refractivity contribution >= 4 is 12.4 Å². The van der Waals surface area contributed by atoms with Crippen LogP contribution >= 0.6 is 12.4 Å². The first-order valence-corrected chi connectivity index (χ1v) is 4.03. The highest BCUT2D eigenvalue weighted by Gasteiger charge is 2.19. The molecule has 2 rings (SSSR count). The summed E-state index contributed by atoms with van der Waals surface area (Å²) in [6.07, 6.45) is 0.534. The van der Waals surface area contributed by atoms with Crippen LogP contribution in [0, 0.1) is 11.6 Å². The number of ether oxygens (including phenoxy) is 1. The lowest BCUT2D eigenvalue weighted by Gasteiger charge is -2.22. The van der Waals surface area contributed by atoms with Gasteiger partial charge < -0.3 is 10.5 Å². The zero-order valence-electron chi connectivity index (χ0n) is 7.30. The molecule has 1 aromatic rings. The van der Waals surface area contributed by atoms with Gasteiger partial charge in [0.1, 0.15) is 12.4 Å². The second-order valence-corrected chi connectivity index (χ2v) is 3.15. The van der Waals surface area contributed by atoms with E-state index < -0.39 is 11.6 Å². The van der Waals surface area contributed by atoms with E-state index in [4.69, 9.17) is 10.5 Å². The highest BCUT2D eigenvalue weighted by atomic mass is 35.5. The molecule has 78 valence electrons. The molecule has 0 radical (unpaired) electrons. The maximum Gasteiger partial charge on any atom is 0.162 e. The lowest BCUT2D eigenvalue weighted by atomic mass is 10.0. The zero-order valence-corrected chi connectivity index (χ0v) is 8.11. The summed E-state index contributed by atoms with van der Waals surface area (Å²) in [5.74, 6) is -1.33. The Labute approximate surface area is 86.5 Å². The molecule has 0 fully saturated rings. The fraction of sp³-hybridized carbons (Fsp3) is 0.333. The van der Waals surface area contributed by atoms with Crippen LogP contribution < -0.4 is 10.5 Å². The van der Waals surface area contributed by atoms with Gasteiger partial charge in [0.25, 0.3) is 0 Å². The fourth-order valence-electron chi connectivity index (χ4n) is 1.40. The van der Waals surface area contributed by atoms with Gasteiger partial charge in [0.05, 0.1) is 0 Å². The Balaban J connectivity index is 0.000000980. The third-order valence-corrected chi connectivity index (χ3v) is 2.04. The van der Waals surface area contributed by atoms with E-state index in [2.05, 4.69) is 0 Å². The van der Waals surface area contributed by atoms with E-state index in [1.54, 1.807) is 0 Å². The third kappa shape index (κ3) is 1.96. The first-order chi connectivity index (χ1) is 6.16. The molecule has 5 heteroatoms. The number of benzene rings is 1. The summed E-state index contributed by atoms with van der Waals surface area (Å²) < 4.78 is 30.6. The van der Waals surface area contributed by atoms with Gasteiger partial charge in [-0.05, 0) is 18.1 Å². The first-order valence-electron chi connectivity index (χ1n) is 4.03.